The van der Waals surface area contributed by atoms with Crippen LogP contribution in [-0.2, 0) is 9.53 Å². The summed E-state index contributed by atoms with van der Waals surface area (Å²) in [5, 5.41) is 2.78. The Morgan fingerprint density at radius 2 is 1.94 bits per heavy atom. The van der Waals surface area contributed by atoms with Crippen molar-refractivity contribution in [1.82, 2.24) is 4.90 Å². The first kappa shape index (κ1) is 24.2. The highest BCUT2D eigenvalue weighted by molar-refractivity contribution is 6.04. The van der Waals surface area contributed by atoms with Crippen LogP contribution >= 0.6 is 0 Å². The number of alkyl halides is 2. The molecule has 3 rings (SSSR count). The average Bonchev–Trinajstić information content (AvgIpc) is 2.80. The molecular formula is C24H26F2N2O5. The van der Waals surface area contributed by atoms with Crippen LogP contribution in [0.5, 0.6) is 11.5 Å². The zero-order chi connectivity index (χ0) is 23.8. The van der Waals surface area contributed by atoms with E-state index in [9.17, 15) is 18.4 Å². The fraction of sp³-hybridized carbons (Fsp3) is 0.333. The lowest BCUT2D eigenvalue weighted by molar-refractivity contribution is -0.111. The van der Waals surface area contributed by atoms with Crippen molar-refractivity contribution in [2.24, 2.45) is 0 Å². The van der Waals surface area contributed by atoms with E-state index in [2.05, 4.69) is 10.1 Å². The minimum atomic E-state index is -2.97. The summed E-state index contributed by atoms with van der Waals surface area (Å²) >= 11 is 0. The number of nitrogens with one attached hydrogen (secondary N) is 1. The highest BCUT2D eigenvalue weighted by Gasteiger charge is 2.21. The maximum absolute atomic E-state index is 12.8. The fourth-order valence-electron chi connectivity index (χ4n) is 3.38. The first-order chi connectivity index (χ1) is 15.9. The molecule has 176 valence electrons. The van der Waals surface area contributed by atoms with Crippen LogP contribution in [0.1, 0.15) is 28.4 Å². The topological polar surface area (TPSA) is 77.1 Å². The van der Waals surface area contributed by atoms with Crippen molar-refractivity contribution in [3.8, 4) is 11.5 Å². The second-order valence-corrected chi connectivity index (χ2v) is 7.22. The molecule has 7 nitrogen and oxygen atoms in total. The van der Waals surface area contributed by atoms with Crippen molar-refractivity contribution in [1.29, 1.82) is 0 Å². The van der Waals surface area contributed by atoms with E-state index in [4.69, 9.17) is 9.47 Å². The molecule has 2 aromatic carbocycles. The summed E-state index contributed by atoms with van der Waals surface area (Å²) < 4.78 is 40.2. The van der Waals surface area contributed by atoms with Crippen LogP contribution in [0.15, 0.2) is 42.5 Å². The second-order valence-electron chi connectivity index (χ2n) is 7.22. The van der Waals surface area contributed by atoms with E-state index in [1.807, 2.05) is 0 Å². The van der Waals surface area contributed by atoms with Crippen molar-refractivity contribution >= 4 is 23.6 Å². The summed E-state index contributed by atoms with van der Waals surface area (Å²) in [7, 11) is 0. The molecule has 9 heteroatoms. The first-order valence-corrected chi connectivity index (χ1v) is 10.6. The Kier molecular flexibility index (Phi) is 8.37. The Balaban J connectivity index is 1.70. The van der Waals surface area contributed by atoms with Crippen LogP contribution in [0, 0.1) is 6.92 Å². The van der Waals surface area contributed by atoms with E-state index in [0.717, 1.165) is 0 Å². The van der Waals surface area contributed by atoms with E-state index in [-0.39, 0.29) is 24.0 Å². The van der Waals surface area contributed by atoms with Crippen LogP contribution in [0.25, 0.3) is 6.08 Å². The summed E-state index contributed by atoms with van der Waals surface area (Å²) in [6, 6.07) is 9.59. The number of hydrogen-bond donors (Lipinski definition) is 1. The van der Waals surface area contributed by atoms with Gasteiger partial charge in [-0.3, -0.25) is 9.59 Å². The number of amides is 2. The van der Waals surface area contributed by atoms with Gasteiger partial charge >= 0.3 is 6.61 Å². The molecule has 1 saturated heterocycles. The third-order valence-electron chi connectivity index (χ3n) is 5.03. The molecule has 1 aliphatic rings. The van der Waals surface area contributed by atoms with Gasteiger partial charge in [-0.2, -0.15) is 8.78 Å². The van der Waals surface area contributed by atoms with Gasteiger partial charge in [-0.1, -0.05) is 12.1 Å². The third kappa shape index (κ3) is 6.52. The van der Waals surface area contributed by atoms with Gasteiger partial charge in [0.05, 0.1) is 19.8 Å². The number of carbonyl (C=O) groups is 2. The molecule has 2 aromatic rings. The maximum Gasteiger partial charge on any atom is 0.387 e. The molecule has 1 aliphatic heterocycles. The van der Waals surface area contributed by atoms with Gasteiger partial charge in [0.25, 0.3) is 5.91 Å². The standard InChI is InChI=1S/C24H26F2N2O5/c1-3-32-21-15-17(7-9-20(21)33-24(25)26)8-10-22(29)27-19-6-4-5-18(16(19)2)23(30)28-11-13-31-14-12-28/h4-10,15,24H,3,11-14H2,1-2H3,(H,27,29)/b10-8+. The number of ether oxygens (including phenoxy) is 3. The highest BCUT2D eigenvalue weighted by Crippen LogP contribution is 2.30. The highest BCUT2D eigenvalue weighted by atomic mass is 19.3. The Labute approximate surface area is 190 Å². The normalized spacial score (nSPS) is 13.9. The molecule has 0 unspecified atom stereocenters. The van der Waals surface area contributed by atoms with Gasteiger partial charge in [-0.25, -0.2) is 0 Å². The third-order valence-corrected chi connectivity index (χ3v) is 5.03. The molecule has 0 radical (unpaired) electrons. The second kappa shape index (κ2) is 11.4. The van der Waals surface area contributed by atoms with Gasteiger partial charge in [-0.15, -0.1) is 0 Å². The zero-order valence-corrected chi connectivity index (χ0v) is 18.5. The van der Waals surface area contributed by atoms with Gasteiger partial charge < -0.3 is 24.4 Å². The first-order valence-electron chi connectivity index (χ1n) is 10.6. The quantitative estimate of drug-likeness (QED) is 0.600. The average molecular weight is 460 g/mol. The summed E-state index contributed by atoms with van der Waals surface area (Å²) in [6.45, 7) is 2.88. The molecule has 0 spiro atoms. The number of anilines is 1. The number of rotatable bonds is 8. The summed E-state index contributed by atoms with van der Waals surface area (Å²) in [5.74, 6) is -0.423. The molecule has 33 heavy (non-hydrogen) atoms. The van der Waals surface area contributed by atoms with E-state index in [0.29, 0.717) is 48.7 Å². The molecule has 0 saturated carbocycles. The molecule has 0 atom stereocenters. The molecule has 1 fully saturated rings. The Morgan fingerprint density at radius 1 is 1.18 bits per heavy atom. The smallest absolute Gasteiger partial charge is 0.387 e. The lowest BCUT2D eigenvalue weighted by Crippen LogP contribution is -2.41. The summed E-state index contributed by atoms with van der Waals surface area (Å²) in [6.07, 6.45) is 2.84. The SMILES string of the molecule is CCOc1cc(/C=C/C(=O)Nc2cccc(C(=O)N3CCOCC3)c2C)ccc1OC(F)F. The van der Waals surface area contributed by atoms with Gasteiger partial charge in [0.15, 0.2) is 11.5 Å². The molecule has 0 bridgehead atoms. The van der Waals surface area contributed by atoms with Crippen LogP contribution in [0.2, 0.25) is 0 Å². The molecule has 0 aliphatic carbocycles. The van der Waals surface area contributed by atoms with Gasteiger partial charge in [0.2, 0.25) is 5.91 Å². The van der Waals surface area contributed by atoms with Crippen LogP contribution in [0.3, 0.4) is 0 Å². The predicted octanol–water partition coefficient (Wildman–Crippen LogP) is 4.12. The zero-order valence-electron chi connectivity index (χ0n) is 18.5. The van der Waals surface area contributed by atoms with E-state index < -0.39 is 12.5 Å². The van der Waals surface area contributed by atoms with Crippen LogP contribution in [0.4, 0.5) is 14.5 Å². The molecular weight excluding hydrogens is 434 g/mol. The Hall–Kier alpha value is -3.46. The Bertz CT molecular complexity index is 1020. The van der Waals surface area contributed by atoms with Crippen LogP contribution < -0.4 is 14.8 Å². The predicted molar refractivity (Wildman–Crippen MR) is 120 cm³/mol. The molecule has 0 aromatic heterocycles. The van der Waals surface area contributed by atoms with E-state index in [1.54, 1.807) is 36.9 Å². The fourth-order valence-corrected chi connectivity index (χ4v) is 3.38. The molecule has 1 heterocycles. The lowest BCUT2D eigenvalue weighted by atomic mass is 10.0. The maximum atomic E-state index is 12.8. The minimum Gasteiger partial charge on any atom is -0.490 e. The largest absolute Gasteiger partial charge is 0.490 e. The van der Waals surface area contributed by atoms with Gasteiger partial charge in [0, 0.05) is 30.4 Å². The Morgan fingerprint density at radius 3 is 2.64 bits per heavy atom. The van der Waals surface area contributed by atoms with E-state index >= 15 is 0 Å². The number of carbonyl (C=O) groups excluding carboxylic acids is 2. The van der Waals surface area contributed by atoms with Crippen molar-refractivity contribution in [3.63, 3.8) is 0 Å². The van der Waals surface area contributed by atoms with Gasteiger partial charge in [0.1, 0.15) is 0 Å². The lowest BCUT2D eigenvalue weighted by Gasteiger charge is -2.27. The van der Waals surface area contributed by atoms with Crippen molar-refractivity contribution in [2.75, 3.05) is 38.2 Å². The van der Waals surface area contributed by atoms with Crippen molar-refractivity contribution in [3.05, 3.63) is 59.2 Å². The molecule has 2 amide bonds. The molecule has 1 N–H and O–H groups in total. The number of halogens is 2. The van der Waals surface area contributed by atoms with Crippen molar-refractivity contribution in [2.45, 2.75) is 20.5 Å². The summed E-state index contributed by atoms with van der Waals surface area (Å²) in [4.78, 5) is 27.0. The van der Waals surface area contributed by atoms with Crippen molar-refractivity contribution < 1.29 is 32.6 Å². The van der Waals surface area contributed by atoms with E-state index in [1.165, 1.54) is 30.4 Å². The number of morpholine rings is 1. The summed E-state index contributed by atoms with van der Waals surface area (Å²) in [5.41, 5.74) is 2.29. The van der Waals surface area contributed by atoms with Crippen LogP contribution in [-0.4, -0.2) is 56.2 Å². The number of benzene rings is 2. The number of nitrogens with zero attached hydrogens (tertiary/aromatic N) is 1. The van der Waals surface area contributed by atoms with Gasteiger partial charge in [-0.05, 0) is 55.3 Å². The number of hydrogen-bond acceptors (Lipinski definition) is 5. The minimum absolute atomic E-state index is 0.0779. The monoisotopic (exact) mass is 460 g/mol.